The van der Waals surface area contributed by atoms with Gasteiger partial charge in [0.15, 0.2) is 0 Å². The van der Waals surface area contributed by atoms with Gasteiger partial charge in [-0.15, -0.1) is 0 Å². The number of hydrogen-bond acceptors (Lipinski definition) is 2. The Hall–Kier alpha value is -3.26. The number of allylic oxidation sites excluding steroid dienone is 2. The van der Waals surface area contributed by atoms with Gasteiger partial charge < -0.3 is 10.2 Å². The predicted octanol–water partition coefficient (Wildman–Crippen LogP) is 6.84. The van der Waals surface area contributed by atoms with Crippen molar-refractivity contribution in [2.45, 2.75) is 27.7 Å². The second-order valence-electron chi connectivity index (χ2n) is 7.21. The minimum absolute atomic E-state index is 0.319. The minimum Gasteiger partial charge on any atom is -0.508 e. The van der Waals surface area contributed by atoms with Gasteiger partial charge in [-0.1, -0.05) is 60.7 Å². The van der Waals surface area contributed by atoms with E-state index in [1.165, 1.54) is 0 Å². The Kier molecular flexibility index (Phi) is 5.70. The van der Waals surface area contributed by atoms with Crippen molar-refractivity contribution in [3.63, 3.8) is 0 Å². The summed E-state index contributed by atoms with van der Waals surface area (Å²) in [6, 6.07) is 19.6. The summed E-state index contributed by atoms with van der Waals surface area (Å²) in [6.07, 6.45) is 4.20. The molecule has 0 amide bonds. The molecule has 0 aliphatic rings. The van der Waals surface area contributed by atoms with Gasteiger partial charge in [0.05, 0.1) is 0 Å². The van der Waals surface area contributed by atoms with E-state index in [1.54, 1.807) is 12.1 Å². The standard InChI is InChI=1S/C26H26O2/c1-17(15-23-7-5-9-25(27)19(23)3)21-11-13-22(14-12-21)18(2)16-24-8-6-10-26(28)20(24)4/h5-16,27-28H,1-4H3. The second-order valence-corrected chi connectivity index (χ2v) is 7.21. The van der Waals surface area contributed by atoms with Gasteiger partial charge in [-0.2, -0.15) is 0 Å². The Balaban J connectivity index is 1.86. The van der Waals surface area contributed by atoms with Crippen LogP contribution in [0.1, 0.15) is 47.2 Å². The van der Waals surface area contributed by atoms with Crippen LogP contribution in [-0.2, 0) is 0 Å². The lowest BCUT2D eigenvalue weighted by atomic mass is 9.97. The van der Waals surface area contributed by atoms with Gasteiger partial charge in [-0.05, 0) is 84.4 Å². The molecule has 2 nitrogen and oxygen atoms in total. The van der Waals surface area contributed by atoms with E-state index in [1.807, 2.05) is 38.1 Å². The zero-order chi connectivity index (χ0) is 20.3. The summed E-state index contributed by atoms with van der Waals surface area (Å²) in [5, 5.41) is 19.8. The molecule has 0 aliphatic carbocycles. The maximum absolute atomic E-state index is 9.89. The first-order valence-electron chi connectivity index (χ1n) is 9.41. The van der Waals surface area contributed by atoms with Crippen LogP contribution in [0.2, 0.25) is 0 Å². The Morgan fingerprint density at radius 2 is 0.964 bits per heavy atom. The van der Waals surface area contributed by atoms with Gasteiger partial charge in [0.2, 0.25) is 0 Å². The molecule has 3 aromatic rings. The third-order valence-corrected chi connectivity index (χ3v) is 5.23. The molecule has 0 bridgehead atoms. The van der Waals surface area contributed by atoms with E-state index in [2.05, 4.69) is 50.3 Å². The molecule has 0 spiro atoms. The molecule has 0 atom stereocenters. The van der Waals surface area contributed by atoms with Gasteiger partial charge in [0.1, 0.15) is 11.5 Å². The zero-order valence-corrected chi connectivity index (χ0v) is 16.8. The van der Waals surface area contributed by atoms with E-state index >= 15 is 0 Å². The lowest BCUT2D eigenvalue weighted by Crippen LogP contribution is -1.87. The average Bonchev–Trinajstić information content (AvgIpc) is 2.69. The summed E-state index contributed by atoms with van der Waals surface area (Å²) in [6.45, 7) is 8.01. The summed E-state index contributed by atoms with van der Waals surface area (Å²) in [4.78, 5) is 0. The highest BCUT2D eigenvalue weighted by Crippen LogP contribution is 2.27. The smallest absolute Gasteiger partial charge is 0.119 e. The molecule has 0 aliphatic heterocycles. The van der Waals surface area contributed by atoms with Gasteiger partial charge in [0.25, 0.3) is 0 Å². The molecule has 142 valence electrons. The first-order chi connectivity index (χ1) is 13.4. The van der Waals surface area contributed by atoms with Crippen molar-refractivity contribution >= 4 is 23.3 Å². The summed E-state index contributed by atoms with van der Waals surface area (Å²) in [7, 11) is 0. The van der Waals surface area contributed by atoms with Crippen molar-refractivity contribution < 1.29 is 10.2 Å². The Labute approximate surface area is 167 Å². The lowest BCUT2D eigenvalue weighted by Gasteiger charge is -2.09. The first-order valence-corrected chi connectivity index (χ1v) is 9.41. The second kappa shape index (κ2) is 8.18. The monoisotopic (exact) mass is 370 g/mol. The van der Waals surface area contributed by atoms with E-state index in [0.29, 0.717) is 11.5 Å². The molecule has 0 radical (unpaired) electrons. The van der Waals surface area contributed by atoms with Crippen LogP contribution in [-0.4, -0.2) is 10.2 Å². The lowest BCUT2D eigenvalue weighted by molar-refractivity contribution is 0.470. The molecule has 3 rings (SSSR count). The van der Waals surface area contributed by atoms with E-state index in [-0.39, 0.29) is 0 Å². The molecule has 0 saturated heterocycles. The van der Waals surface area contributed by atoms with E-state index in [0.717, 1.165) is 44.5 Å². The van der Waals surface area contributed by atoms with E-state index < -0.39 is 0 Å². The van der Waals surface area contributed by atoms with Crippen LogP contribution >= 0.6 is 0 Å². The van der Waals surface area contributed by atoms with Gasteiger partial charge in [0, 0.05) is 0 Å². The number of phenols is 2. The quantitative estimate of drug-likeness (QED) is 0.494. The molecule has 0 saturated carbocycles. The average molecular weight is 370 g/mol. The van der Waals surface area contributed by atoms with Gasteiger partial charge >= 0.3 is 0 Å². The molecule has 2 heteroatoms. The van der Waals surface area contributed by atoms with Crippen LogP contribution in [0.4, 0.5) is 0 Å². The molecule has 0 fully saturated rings. The van der Waals surface area contributed by atoms with Crippen molar-refractivity contribution in [3.05, 3.63) is 94.0 Å². The summed E-state index contributed by atoms with van der Waals surface area (Å²) < 4.78 is 0. The van der Waals surface area contributed by atoms with Crippen LogP contribution in [0.15, 0.2) is 60.7 Å². The van der Waals surface area contributed by atoms with Crippen LogP contribution < -0.4 is 0 Å². The molecule has 0 heterocycles. The van der Waals surface area contributed by atoms with E-state index in [9.17, 15) is 10.2 Å². The highest BCUT2D eigenvalue weighted by molar-refractivity contribution is 5.84. The maximum atomic E-state index is 9.89. The molecule has 0 aromatic heterocycles. The maximum Gasteiger partial charge on any atom is 0.119 e. The SMILES string of the molecule is CC(=Cc1cccc(O)c1C)c1ccc(C(C)=Cc2cccc(O)c2C)cc1. The van der Waals surface area contributed by atoms with Crippen molar-refractivity contribution in [3.8, 4) is 11.5 Å². The molecule has 3 aromatic carbocycles. The molecule has 28 heavy (non-hydrogen) atoms. The number of phenolic OH excluding ortho intramolecular Hbond substituents is 2. The van der Waals surface area contributed by atoms with Gasteiger partial charge in [-0.3, -0.25) is 0 Å². The minimum atomic E-state index is 0.319. The highest BCUT2D eigenvalue weighted by atomic mass is 16.3. The Morgan fingerprint density at radius 3 is 1.32 bits per heavy atom. The van der Waals surface area contributed by atoms with Crippen molar-refractivity contribution in [2.75, 3.05) is 0 Å². The fraction of sp³-hybridized carbons (Fsp3) is 0.154. The fourth-order valence-electron chi connectivity index (χ4n) is 3.22. The number of aromatic hydroxyl groups is 2. The van der Waals surface area contributed by atoms with Crippen LogP contribution in [0.25, 0.3) is 23.3 Å². The van der Waals surface area contributed by atoms with Gasteiger partial charge in [-0.25, -0.2) is 0 Å². The number of rotatable bonds is 4. The normalized spacial score (nSPS) is 12.3. The summed E-state index contributed by atoms with van der Waals surface area (Å²) in [5.41, 5.74) is 8.41. The summed E-state index contributed by atoms with van der Waals surface area (Å²) >= 11 is 0. The molecule has 2 N–H and O–H groups in total. The van der Waals surface area contributed by atoms with Crippen LogP contribution in [0.3, 0.4) is 0 Å². The topological polar surface area (TPSA) is 40.5 Å². The van der Waals surface area contributed by atoms with Crippen molar-refractivity contribution in [2.24, 2.45) is 0 Å². The van der Waals surface area contributed by atoms with Crippen LogP contribution in [0, 0.1) is 13.8 Å². The summed E-state index contributed by atoms with van der Waals surface area (Å²) in [5.74, 6) is 0.639. The van der Waals surface area contributed by atoms with E-state index in [4.69, 9.17) is 0 Å². The zero-order valence-electron chi connectivity index (χ0n) is 16.8. The van der Waals surface area contributed by atoms with Crippen molar-refractivity contribution in [1.82, 2.24) is 0 Å². The van der Waals surface area contributed by atoms with Crippen molar-refractivity contribution in [1.29, 1.82) is 0 Å². The first kappa shape index (κ1) is 19.5. The Bertz CT molecular complexity index is 968. The number of benzene rings is 3. The predicted molar refractivity (Wildman–Crippen MR) is 119 cm³/mol. The highest BCUT2D eigenvalue weighted by Gasteiger charge is 2.04. The third-order valence-electron chi connectivity index (χ3n) is 5.23. The number of hydrogen-bond donors (Lipinski definition) is 2. The molecular formula is C26H26O2. The fourth-order valence-corrected chi connectivity index (χ4v) is 3.22. The molecule has 0 unspecified atom stereocenters. The Morgan fingerprint density at radius 1 is 0.607 bits per heavy atom. The van der Waals surface area contributed by atoms with Crippen LogP contribution in [0.5, 0.6) is 11.5 Å². The largest absolute Gasteiger partial charge is 0.508 e. The third kappa shape index (κ3) is 4.17. The molecular weight excluding hydrogens is 344 g/mol.